The summed E-state index contributed by atoms with van der Waals surface area (Å²) in [5.41, 5.74) is 3.69. The number of aryl methyl sites for hydroxylation is 1. The number of hydrogen-bond acceptors (Lipinski definition) is 3. The van der Waals surface area contributed by atoms with Gasteiger partial charge in [0.25, 0.3) is 6.49 Å². The monoisotopic (exact) mass is 396 g/mol. The summed E-state index contributed by atoms with van der Waals surface area (Å²) in [5, 5.41) is 0.909. The fourth-order valence-electron chi connectivity index (χ4n) is 3.01. The molecule has 0 amide bonds. The largest absolute Gasteiger partial charge is 0.440 e. The highest BCUT2D eigenvalue weighted by Gasteiger charge is 2.25. The van der Waals surface area contributed by atoms with E-state index in [1.54, 1.807) is 7.11 Å². The van der Waals surface area contributed by atoms with Crippen LogP contribution in [0.4, 0.5) is 0 Å². The topological polar surface area (TPSA) is 18.5 Å². The molecule has 1 atom stereocenters. The molecule has 3 aromatic rings. The maximum Gasteiger partial charge on any atom is 0.268 e. The van der Waals surface area contributed by atoms with E-state index in [1.165, 1.54) is 16.7 Å². The summed E-state index contributed by atoms with van der Waals surface area (Å²) in [4.78, 5) is 0. The first kappa shape index (κ1) is 19.8. The Morgan fingerprint density at radius 2 is 1.30 bits per heavy atom. The van der Waals surface area contributed by atoms with Crippen molar-refractivity contribution in [3.63, 3.8) is 0 Å². The third-order valence-corrected chi connectivity index (χ3v) is 8.05. The Hall–Kier alpha value is -1.93. The minimum absolute atomic E-state index is 0.0902. The smallest absolute Gasteiger partial charge is 0.268 e. The van der Waals surface area contributed by atoms with E-state index in [0.29, 0.717) is 0 Å². The summed E-state index contributed by atoms with van der Waals surface area (Å²) >= 11 is 5.71. The molecule has 1 unspecified atom stereocenters. The molecule has 0 spiro atoms. The number of hydrogen-bond donors (Lipinski definition) is 0. The minimum atomic E-state index is -2.56. The van der Waals surface area contributed by atoms with Gasteiger partial charge in [-0.2, -0.15) is 0 Å². The maximum atomic E-state index is 6.13. The van der Waals surface area contributed by atoms with Crippen LogP contribution in [0.1, 0.15) is 30.5 Å². The fraction of sp³-hybridized carbons (Fsp3) is 0.217. The lowest BCUT2D eigenvalue weighted by Gasteiger charge is -2.27. The Balaban J connectivity index is 1.85. The van der Waals surface area contributed by atoms with Crippen LogP contribution in [0.3, 0.4) is 0 Å². The molecular formula is C23H25O2PS. The van der Waals surface area contributed by atoms with Crippen LogP contribution in [-0.4, -0.2) is 7.11 Å². The first-order valence-electron chi connectivity index (χ1n) is 8.94. The lowest BCUT2D eigenvalue weighted by atomic mass is 9.78. The van der Waals surface area contributed by atoms with Gasteiger partial charge in [-0.05, 0) is 54.1 Å². The van der Waals surface area contributed by atoms with Crippen molar-refractivity contribution in [3.05, 3.63) is 95.6 Å². The molecule has 27 heavy (non-hydrogen) atoms. The average molecular weight is 396 g/mol. The van der Waals surface area contributed by atoms with Gasteiger partial charge < -0.3 is 9.05 Å². The molecule has 0 radical (unpaired) electrons. The maximum absolute atomic E-state index is 6.13. The van der Waals surface area contributed by atoms with Crippen molar-refractivity contribution in [1.29, 1.82) is 0 Å². The lowest BCUT2D eigenvalue weighted by molar-refractivity contribution is 0.402. The van der Waals surface area contributed by atoms with Gasteiger partial charge in [0.1, 0.15) is 5.75 Å². The molecule has 140 valence electrons. The van der Waals surface area contributed by atoms with Gasteiger partial charge in [-0.3, -0.25) is 0 Å². The molecule has 0 N–H and O–H groups in total. The van der Waals surface area contributed by atoms with Crippen molar-refractivity contribution in [1.82, 2.24) is 0 Å². The summed E-state index contributed by atoms with van der Waals surface area (Å²) in [7, 11) is 1.61. The molecule has 0 aromatic heterocycles. The van der Waals surface area contributed by atoms with Crippen molar-refractivity contribution < 1.29 is 9.05 Å². The molecule has 0 saturated carbocycles. The van der Waals surface area contributed by atoms with Crippen molar-refractivity contribution in [2.75, 3.05) is 7.11 Å². The SMILES string of the molecule is COP(=S)(Oc1ccc(C(C)(C)c2ccc(C)cc2)cc1)c1ccccc1. The van der Waals surface area contributed by atoms with E-state index >= 15 is 0 Å². The first-order chi connectivity index (χ1) is 12.8. The molecule has 3 aromatic carbocycles. The van der Waals surface area contributed by atoms with E-state index < -0.39 is 6.49 Å². The molecule has 4 heteroatoms. The molecule has 2 nitrogen and oxygen atoms in total. The van der Waals surface area contributed by atoms with Gasteiger partial charge in [-0.1, -0.05) is 74.0 Å². The Morgan fingerprint density at radius 3 is 1.81 bits per heavy atom. The van der Waals surface area contributed by atoms with Crippen LogP contribution >= 0.6 is 6.49 Å². The summed E-state index contributed by atoms with van der Waals surface area (Å²) in [6.07, 6.45) is 0. The Kier molecular flexibility index (Phi) is 5.86. The van der Waals surface area contributed by atoms with Crippen molar-refractivity contribution in [2.24, 2.45) is 0 Å². The lowest BCUT2D eigenvalue weighted by Crippen LogP contribution is -2.18. The molecule has 0 bridgehead atoms. The fourth-order valence-corrected chi connectivity index (χ4v) is 4.96. The van der Waals surface area contributed by atoms with E-state index in [2.05, 4.69) is 57.2 Å². The van der Waals surface area contributed by atoms with Gasteiger partial charge in [0.2, 0.25) is 0 Å². The van der Waals surface area contributed by atoms with Crippen LogP contribution in [0.25, 0.3) is 0 Å². The summed E-state index contributed by atoms with van der Waals surface area (Å²) < 4.78 is 11.7. The van der Waals surface area contributed by atoms with Crippen LogP contribution in [0.5, 0.6) is 5.75 Å². The zero-order valence-corrected chi connectivity index (χ0v) is 17.9. The highest BCUT2D eigenvalue weighted by molar-refractivity contribution is 8.13. The Bertz CT molecular complexity index is 932. The quantitative estimate of drug-likeness (QED) is 0.478. The Morgan fingerprint density at radius 1 is 0.778 bits per heavy atom. The van der Waals surface area contributed by atoms with Gasteiger partial charge in [-0.15, -0.1) is 0 Å². The van der Waals surface area contributed by atoms with Crippen LogP contribution in [-0.2, 0) is 21.7 Å². The van der Waals surface area contributed by atoms with E-state index in [-0.39, 0.29) is 5.41 Å². The second-order valence-corrected chi connectivity index (χ2v) is 10.6. The number of rotatable bonds is 6. The van der Waals surface area contributed by atoms with Crippen molar-refractivity contribution >= 4 is 23.6 Å². The Labute approximate surface area is 167 Å². The molecule has 0 aliphatic rings. The van der Waals surface area contributed by atoms with E-state index in [9.17, 15) is 0 Å². The van der Waals surface area contributed by atoms with Crippen LogP contribution < -0.4 is 9.83 Å². The summed E-state index contributed by atoms with van der Waals surface area (Å²) in [6, 6.07) is 26.6. The second-order valence-electron chi connectivity index (χ2n) is 7.12. The zero-order valence-electron chi connectivity index (χ0n) is 16.2. The van der Waals surface area contributed by atoms with Crippen molar-refractivity contribution in [2.45, 2.75) is 26.2 Å². The molecule has 3 rings (SSSR count). The highest BCUT2D eigenvalue weighted by Crippen LogP contribution is 2.47. The van der Waals surface area contributed by atoms with Gasteiger partial charge in [-0.25, -0.2) is 0 Å². The molecule has 0 aliphatic carbocycles. The third kappa shape index (κ3) is 4.32. The third-order valence-electron chi connectivity index (χ3n) is 4.89. The predicted molar refractivity (Wildman–Crippen MR) is 118 cm³/mol. The molecular weight excluding hydrogens is 371 g/mol. The summed E-state index contributed by atoms with van der Waals surface area (Å²) in [5.74, 6) is 0.729. The normalized spacial score (nSPS) is 13.8. The van der Waals surface area contributed by atoms with E-state index in [4.69, 9.17) is 20.9 Å². The van der Waals surface area contributed by atoms with Crippen LogP contribution in [0, 0.1) is 6.92 Å². The second kappa shape index (κ2) is 7.98. The average Bonchev–Trinajstić information content (AvgIpc) is 2.69. The van der Waals surface area contributed by atoms with Gasteiger partial charge in [0, 0.05) is 17.8 Å². The molecule has 0 heterocycles. The predicted octanol–water partition coefficient (Wildman–Crippen LogP) is 5.98. The highest BCUT2D eigenvalue weighted by atomic mass is 32.5. The zero-order chi connectivity index (χ0) is 19.5. The van der Waals surface area contributed by atoms with Crippen LogP contribution in [0.2, 0.25) is 0 Å². The van der Waals surface area contributed by atoms with Gasteiger partial charge in [0.15, 0.2) is 0 Å². The van der Waals surface area contributed by atoms with Gasteiger partial charge >= 0.3 is 0 Å². The standard InChI is InChI=1S/C23H25O2PS/c1-18-10-12-19(13-11-18)23(2,3)20-14-16-21(17-15-20)25-26(27,24-4)22-8-6-5-7-9-22/h5-17H,1-4H3. The first-order valence-corrected chi connectivity index (χ1v) is 11.6. The van der Waals surface area contributed by atoms with E-state index in [0.717, 1.165) is 11.1 Å². The van der Waals surface area contributed by atoms with E-state index in [1.807, 2.05) is 42.5 Å². The molecule has 0 fully saturated rings. The minimum Gasteiger partial charge on any atom is -0.440 e. The summed E-state index contributed by atoms with van der Waals surface area (Å²) in [6.45, 7) is 4.01. The number of benzene rings is 3. The van der Waals surface area contributed by atoms with Crippen molar-refractivity contribution in [3.8, 4) is 5.75 Å². The molecule has 0 aliphatic heterocycles. The van der Waals surface area contributed by atoms with Gasteiger partial charge in [0.05, 0.1) is 0 Å². The molecule has 0 saturated heterocycles. The van der Waals surface area contributed by atoms with Crippen LogP contribution in [0.15, 0.2) is 78.9 Å².